The Hall–Kier alpha value is -3.00. The Morgan fingerprint density at radius 1 is 0.886 bits per heavy atom. The number of halogens is 7. The molecule has 1 fully saturated rings. The van der Waals surface area contributed by atoms with Crippen LogP contribution in [0.3, 0.4) is 0 Å². The molecule has 0 unspecified atom stereocenters. The number of ether oxygens (including phenoxy) is 1. The van der Waals surface area contributed by atoms with Crippen molar-refractivity contribution in [3.8, 4) is 5.75 Å². The standard InChI is InChI=1S/C21H20BF7N2O4/c1-18(2)19(3,4)35-22(34-18)12-6-8-14(16(10-12)33-21(27,28)29)30-17(32)31-15-9-11(20(24,25)26)5-7-13(15)23/h5-10H,1-4H3,(H2,30,31,32). The molecule has 1 heterocycles. The van der Waals surface area contributed by atoms with Crippen LogP contribution in [0.15, 0.2) is 36.4 Å². The Kier molecular flexibility index (Phi) is 6.77. The van der Waals surface area contributed by atoms with Crippen LogP contribution < -0.4 is 20.8 Å². The highest BCUT2D eigenvalue weighted by molar-refractivity contribution is 6.62. The summed E-state index contributed by atoms with van der Waals surface area (Å²) in [6, 6.07) is 3.33. The number of rotatable bonds is 4. The molecule has 0 bridgehead atoms. The average molecular weight is 508 g/mol. The fraction of sp³-hybridized carbons (Fsp3) is 0.381. The SMILES string of the molecule is CC1(C)OB(c2ccc(NC(=O)Nc3cc(C(F)(F)F)ccc3F)c(OC(F)(F)F)c2)OC1(C)C. The van der Waals surface area contributed by atoms with E-state index in [1.54, 1.807) is 27.7 Å². The van der Waals surface area contributed by atoms with E-state index < -0.39 is 65.4 Å². The predicted octanol–water partition coefficient (Wildman–Crippen LogP) is 5.69. The highest BCUT2D eigenvalue weighted by atomic mass is 19.4. The maximum absolute atomic E-state index is 13.9. The van der Waals surface area contributed by atoms with Crippen molar-refractivity contribution in [2.45, 2.75) is 51.4 Å². The van der Waals surface area contributed by atoms with Gasteiger partial charge in [0.1, 0.15) is 5.82 Å². The van der Waals surface area contributed by atoms with E-state index in [1.807, 2.05) is 10.6 Å². The number of amides is 2. The lowest BCUT2D eigenvalue weighted by atomic mass is 9.79. The molecule has 2 N–H and O–H groups in total. The van der Waals surface area contributed by atoms with E-state index >= 15 is 0 Å². The number of alkyl halides is 6. The smallest absolute Gasteiger partial charge is 0.404 e. The molecule has 35 heavy (non-hydrogen) atoms. The van der Waals surface area contributed by atoms with Crippen LogP contribution in [0.1, 0.15) is 33.3 Å². The maximum Gasteiger partial charge on any atom is 0.573 e. The van der Waals surface area contributed by atoms with Gasteiger partial charge in [0.15, 0.2) is 5.75 Å². The van der Waals surface area contributed by atoms with Crippen molar-refractivity contribution in [3.05, 3.63) is 47.8 Å². The van der Waals surface area contributed by atoms with Crippen LogP contribution in [-0.4, -0.2) is 30.7 Å². The summed E-state index contributed by atoms with van der Waals surface area (Å²) in [7, 11) is -1.04. The maximum atomic E-state index is 13.9. The van der Waals surface area contributed by atoms with Gasteiger partial charge in [-0.3, -0.25) is 0 Å². The van der Waals surface area contributed by atoms with E-state index in [2.05, 4.69) is 4.74 Å². The minimum absolute atomic E-state index is 0.151. The number of benzene rings is 2. The Balaban J connectivity index is 1.86. The van der Waals surface area contributed by atoms with Crippen molar-refractivity contribution < 1.29 is 49.6 Å². The van der Waals surface area contributed by atoms with Crippen LogP contribution >= 0.6 is 0 Å². The van der Waals surface area contributed by atoms with Crippen LogP contribution in [0.25, 0.3) is 0 Å². The van der Waals surface area contributed by atoms with Crippen LogP contribution in [-0.2, 0) is 15.5 Å². The van der Waals surface area contributed by atoms with Gasteiger partial charge in [-0.1, -0.05) is 6.07 Å². The summed E-state index contributed by atoms with van der Waals surface area (Å²) in [4.78, 5) is 12.3. The van der Waals surface area contributed by atoms with Crippen molar-refractivity contribution in [1.29, 1.82) is 0 Å². The van der Waals surface area contributed by atoms with E-state index in [0.717, 1.165) is 12.1 Å². The summed E-state index contributed by atoms with van der Waals surface area (Å²) < 4.78 is 107. The second-order valence-corrected chi connectivity index (χ2v) is 8.66. The van der Waals surface area contributed by atoms with Crippen molar-refractivity contribution >= 4 is 30.0 Å². The summed E-state index contributed by atoms with van der Waals surface area (Å²) in [6.07, 6.45) is -9.95. The molecular formula is C21H20BF7N2O4. The number of anilines is 2. The first kappa shape index (κ1) is 26.6. The Morgan fingerprint density at radius 2 is 1.46 bits per heavy atom. The van der Waals surface area contributed by atoms with Crippen LogP contribution in [0.5, 0.6) is 5.75 Å². The third-order valence-electron chi connectivity index (χ3n) is 5.55. The quantitative estimate of drug-likeness (QED) is 0.412. The van der Waals surface area contributed by atoms with Crippen LogP contribution in [0.4, 0.5) is 46.9 Å². The predicted molar refractivity (Wildman–Crippen MR) is 113 cm³/mol. The lowest BCUT2D eigenvalue weighted by molar-refractivity contribution is -0.274. The summed E-state index contributed by atoms with van der Waals surface area (Å²) in [5.74, 6) is -2.03. The number of carbonyl (C=O) groups excluding carboxylic acids is 1. The van der Waals surface area contributed by atoms with Crippen molar-refractivity contribution in [2.24, 2.45) is 0 Å². The monoisotopic (exact) mass is 508 g/mol. The van der Waals surface area contributed by atoms with E-state index in [-0.39, 0.29) is 5.46 Å². The van der Waals surface area contributed by atoms with Crippen molar-refractivity contribution in [1.82, 2.24) is 0 Å². The largest absolute Gasteiger partial charge is 0.573 e. The first-order valence-corrected chi connectivity index (χ1v) is 10.1. The van der Waals surface area contributed by atoms with Gasteiger partial charge in [0.05, 0.1) is 28.1 Å². The van der Waals surface area contributed by atoms with E-state index in [1.165, 1.54) is 6.07 Å². The lowest BCUT2D eigenvalue weighted by Gasteiger charge is -2.32. The van der Waals surface area contributed by atoms with Crippen LogP contribution in [0, 0.1) is 5.82 Å². The molecule has 0 aromatic heterocycles. The lowest BCUT2D eigenvalue weighted by Crippen LogP contribution is -2.41. The summed E-state index contributed by atoms with van der Waals surface area (Å²) in [5.41, 5.74) is -3.97. The minimum Gasteiger partial charge on any atom is -0.404 e. The highest BCUT2D eigenvalue weighted by Crippen LogP contribution is 2.38. The average Bonchev–Trinajstić information content (AvgIpc) is 2.90. The van der Waals surface area contributed by atoms with Crippen LogP contribution in [0.2, 0.25) is 0 Å². The second kappa shape index (κ2) is 8.90. The number of carbonyl (C=O) groups is 1. The van der Waals surface area contributed by atoms with Gasteiger partial charge in [0.2, 0.25) is 0 Å². The van der Waals surface area contributed by atoms with Gasteiger partial charge >= 0.3 is 25.7 Å². The van der Waals surface area contributed by atoms with Crippen molar-refractivity contribution in [3.63, 3.8) is 0 Å². The van der Waals surface area contributed by atoms with Gasteiger partial charge in [-0.2, -0.15) is 13.2 Å². The normalized spacial score (nSPS) is 17.3. The molecule has 0 spiro atoms. The van der Waals surface area contributed by atoms with Gasteiger partial charge in [-0.15, -0.1) is 13.2 Å². The molecule has 1 saturated heterocycles. The molecule has 2 aromatic rings. The van der Waals surface area contributed by atoms with Gasteiger partial charge in [-0.05, 0) is 63.5 Å². The Labute approximate surface area is 195 Å². The topological polar surface area (TPSA) is 68.8 Å². The Bertz CT molecular complexity index is 1100. The fourth-order valence-electron chi connectivity index (χ4n) is 3.05. The molecule has 190 valence electrons. The van der Waals surface area contributed by atoms with E-state index in [4.69, 9.17) is 9.31 Å². The molecule has 2 amide bonds. The first-order valence-electron chi connectivity index (χ1n) is 10.1. The zero-order valence-electron chi connectivity index (χ0n) is 18.8. The zero-order valence-corrected chi connectivity index (χ0v) is 18.8. The van der Waals surface area contributed by atoms with E-state index in [0.29, 0.717) is 18.2 Å². The van der Waals surface area contributed by atoms with Gasteiger partial charge in [0, 0.05) is 0 Å². The third-order valence-corrected chi connectivity index (χ3v) is 5.55. The summed E-state index contributed by atoms with van der Waals surface area (Å²) in [6.45, 7) is 6.97. The zero-order chi connectivity index (χ0) is 26.4. The second-order valence-electron chi connectivity index (χ2n) is 8.66. The summed E-state index contributed by atoms with van der Waals surface area (Å²) >= 11 is 0. The molecule has 14 heteroatoms. The molecule has 1 aliphatic rings. The molecule has 2 aromatic carbocycles. The molecule has 1 aliphatic heterocycles. The summed E-state index contributed by atoms with van der Waals surface area (Å²) in [5, 5.41) is 3.85. The van der Waals surface area contributed by atoms with Gasteiger partial charge < -0.3 is 24.7 Å². The van der Waals surface area contributed by atoms with E-state index in [9.17, 15) is 35.5 Å². The highest BCUT2D eigenvalue weighted by Gasteiger charge is 2.52. The molecular weight excluding hydrogens is 488 g/mol. The molecule has 0 saturated carbocycles. The number of urea groups is 1. The minimum atomic E-state index is -5.14. The fourth-order valence-corrected chi connectivity index (χ4v) is 3.05. The molecule has 0 aliphatic carbocycles. The molecule has 0 radical (unpaired) electrons. The first-order chi connectivity index (χ1) is 15.9. The number of nitrogens with one attached hydrogen (secondary N) is 2. The van der Waals surface area contributed by atoms with Gasteiger partial charge in [-0.25, -0.2) is 9.18 Å². The van der Waals surface area contributed by atoms with Crippen molar-refractivity contribution in [2.75, 3.05) is 10.6 Å². The number of hydrogen-bond donors (Lipinski definition) is 2. The van der Waals surface area contributed by atoms with Gasteiger partial charge in [0.25, 0.3) is 0 Å². The Morgan fingerprint density at radius 3 is 2.00 bits per heavy atom. The number of hydrogen-bond acceptors (Lipinski definition) is 4. The third kappa shape index (κ3) is 6.17. The molecule has 0 atom stereocenters. The molecule has 3 rings (SSSR count). The molecule has 6 nitrogen and oxygen atoms in total.